The first kappa shape index (κ1) is 16.8. The zero-order chi connectivity index (χ0) is 17.1. The van der Waals surface area contributed by atoms with Crippen LogP contribution in [0.4, 0.5) is 5.69 Å². The number of amides is 1. The lowest BCUT2D eigenvalue weighted by atomic mass is 10.1. The van der Waals surface area contributed by atoms with Crippen molar-refractivity contribution in [3.05, 3.63) is 57.6 Å². The number of nitrogens with one attached hydrogen (secondary N) is 1. The fourth-order valence-corrected chi connectivity index (χ4v) is 2.27. The number of hydrogen-bond acceptors (Lipinski definition) is 3. The molecule has 0 bridgehead atoms. The Balaban J connectivity index is 2.34. The van der Waals surface area contributed by atoms with Gasteiger partial charge in [-0.1, -0.05) is 17.7 Å². The Morgan fingerprint density at radius 1 is 1.13 bits per heavy atom. The van der Waals surface area contributed by atoms with Crippen molar-refractivity contribution in [1.82, 2.24) is 0 Å². The summed E-state index contributed by atoms with van der Waals surface area (Å²) in [7, 11) is 1.35. The minimum Gasteiger partial charge on any atom is -0.496 e. The molecule has 0 radical (unpaired) electrons. The highest BCUT2D eigenvalue weighted by Crippen LogP contribution is 2.31. The molecule has 0 aliphatic heterocycles. The van der Waals surface area contributed by atoms with E-state index >= 15 is 0 Å². The van der Waals surface area contributed by atoms with Gasteiger partial charge in [0.05, 0.1) is 17.8 Å². The molecular formula is C17H16ClNO4. The van der Waals surface area contributed by atoms with Crippen LogP contribution in [-0.4, -0.2) is 24.1 Å². The first-order valence-corrected chi connectivity index (χ1v) is 7.20. The van der Waals surface area contributed by atoms with E-state index in [0.29, 0.717) is 5.56 Å². The molecular weight excluding hydrogens is 318 g/mol. The second-order valence-electron chi connectivity index (χ2n) is 5.09. The molecule has 6 heteroatoms. The molecule has 0 spiro atoms. The van der Waals surface area contributed by atoms with E-state index in [1.165, 1.54) is 19.2 Å². The van der Waals surface area contributed by atoms with Crippen molar-refractivity contribution < 1.29 is 19.4 Å². The van der Waals surface area contributed by atoms with Gasteiger partial charge in [0.2, 0.25) is 0 Å². The molecule has 1 amide bonds. The summed E-state index contributed by atoms with van der Waals surface area (Å²) in [6, 6.07) is 8.00. The van der Waals surface area contributed by atoms with Gasteiger partial charge in [-0.05, 0) is 43.2 Å². The van der Waals surface area contributed by atoms with E-state index in [1.807, 2.05) is 19.9 Å². The molecule has 0 aliphatic carbocycles. The van der Waals surface area contributed by atoms with Gasteiger partial charge in [0.25, 0.3) is 5.91 Å². The maximum Gasteiger partial charge on any atom is 0.339 e. The molecule has 0 fully saturated rings. The third-order valence-corrected chi connectivity index (χ3v) is 3.85. The number of halogens is 1. The maximum atomic E-state index is 12.3. The number of benzene rings is 2. The predicted octanol–water partition coefficient (Wildman–Crippen LogP) is 3.92. The van der Waals surface area contributed by atoms with Gasteiger partial charge in [0.1, 0.15) is 11.3 Å². The fraction of sp³-hybridized carbons (Fsp3) is 0.176. The first-order valence-electron chi connectivity index (χ1n) is 6.83. The zero-order valence-electron chi connectivity index (χ0n) is 12.9. The molecule has 0 saturated heterocycles. The van der Waals surface area contributed by atoms with E-state index in [1.54, 1.807) is 12.1 Å². The lowest BCUT2D eigenvalue weighted by molar-refractivity contribution is 0.0693. The molecule has 0 heterocycles. The summed E-state index contributed by atoms with van der Waals surface area (Å²) in [6.07, 6.45) is 0. The van der Waals surface area contributed by atoms with Crippen molar-refractivity contribution in [3.63, 3.8) is 0 Å². The van der Waals surface area contributed by atoms with Crippen LogP contribution in [0, 0.1) is 13.8 Å². The number of carbonyl (C=O) groups is 2. The normalized spacial score (nSPS) is 10.3. The van der Waals surface area contributed by atoms with Crippen molar-refractivity contribution >= 4 is 29.2 Å². The van der Waals surface area contributed by atoms with Gasteiger partial charge in [0.15, 0.2) is 0 Å². The topological polar surface area (TPSA) is 75.6 Å². The Morgan fingerprint density at radius 3 is 2.39 bits per heavy atom. The molecule has 2 aromatic rings. The zero-order valence-corrected chi connectivity index (χ0v) is 13.7. The van der Waals surface area contributed by atoms with Crippen LogP contribution in [0.3, 0.4) is 0 Å². The summed E-state index contributed by atoms with van der Waals surface area (Å²) in [4.78, 5) is 23.5. The number of aryl methyl sites for hydroxylation is 2. The summed E-state index contributed by atoms with van der Waals surface area (Å²) >= 11 is 6.06. The van der Waals surface area contributed by atoms with Crippen LogP contribution in [0.2, 0.25) is 5.02 Å². The highest BCUT2D eigenvalue weighted by Gasteiger charge is 2.17. The predicted molar refractivity (Wildman–Crippen MR) is 88.8 cm³/mol. The summed E-state index contributed by atoms with van der Waals surface area (Å²) in [5, 5.41) is 11.9. The van der Waals surface area contributed by atoms with Crippen LogP contribution in [0.1, 0.15) is 31.8 Å². The summed E-state index contributed by atoms with van der Waals surface area (Å²) in [5.74, 6) is -1.37. The molecule has 23 heavy (non-hydrogen) atoms. The number of carboxylic acids is 1. The lowest BCUT2D eigenvalue weighted by Crippen LogP contribution is -2.13. The lowest BCUT2D eigenvalue weighted by Gasteiger charge is -2.12. The minimum absolute atomic E-state index is 0.0679. The van der Waals surface area contributed by atoms with Gasteiger partial charge in [-0.15, -0.1) is 0 Å². The minimum atomic E-state index is -1.16. The Labute approximate surface area is 138 Å². The Morgan fingerprint density at radius 2 is 1.83 bits per heavy atom. The largest absolute Gasteiger partial charge is 0.496 e. The Bertz CT molecular complexity index is 786. The van der Waals surface area contributed by atoms with Gasteiger partial charge in [-0.2, -0.15) is 0 Å². The van der Waals surface area contributed by atoms with E-state index in [0.717, 1.165) is 11.1 Å². The average molecular weight is 334 g/mol. The highest BCUT2D eigenvalue weighted by molar-refractivity contribution is 6.34. The second-order valence-corrected chi connectivity index (χ2v) is 5.50. The number of aromatic carboxylic acids is 1. The van der Waals surface area contributed by atoms with Crippen LogP contribution >= 0.6 is 11.6 Å². The van der Waals surface area contributed by atoms with E-state index in [4.69, 9.17) is 21.4 Å². The molecule has 0 atom stereocenters. The highest BCUT2D eigenvalue weighted by atomic mass is 35.5. The summed E-state index contributed by atoms with van der Waals surface area (Å²) in [5.41, 5.74) is 2.80. The SMILES string of the molecule is COc1cc(NC(=O)c2ccc(C)c(C)c2)c(Cl)cc1C(=O)O. The number of carbonyl (C=O) groups excluding carboxylic acids is 1. The van der Waals surface area contributed by atoms with E-state index < -0.39 is 5.97 Å². The Hall–Kier alpha value is -2.53. The third kappa shape index (κ3) is 3.63. The molecule has 0 unspecified atom stereocenters. The second kappa shape index (κ2) is 6.71. The monoisotopic (exact) mass is 333 g/mol. The molecule has 2 N–H and O–H groups in total. The molecule has 0 aromatic heterocycles. The maximum absolute atomic E-state index is 12.3. The molecule has 5 nitrogen and oxygen atoms in total. The molecule has 120 valence electrons. The molecule has 0 aliphatic rings. The van der Waals surface area contributed by atoms with Gasteiger partial charge >= 0.3 is 5.97 Å². The third-order valence-electron chi connectivity index (χ3n) is 3.54. The van der Waals surface area contributed by atoms with Crippen LogP contribution in [0.25, 0.3) is 0 Å². The van der Waals surface area contributed by atoms with Crippen molar-refractivity contribution in [2.45, 2.75) is 13.8 Å². The standard InChI is InChI=1S/C17H16ClNO4/c1-9-4-5-11(6-10(9)2)16(20)19-14-8-15(23-3)12(17(21)22)7-13(14)18/h4-8H,1-3H3,(H,19,20)(H,21,22). The first-order chi connectivity index (χ1) is 10.8. The number of anilines is 1. The van der Waals surface area contributed by atoms with Gasteiger partial charge in [-0.3, -0.25) is 4.79 Å². The van der Waals surface area contributed by atoms with Crippen LogP contribution in [0.5, 0.6) is 5.75 Å². The van der Waals surface area contributed by atoms with E-state index in [9.17, 15) is 9.59 Å². The van der Waals surface area contributed by atoms with Crippen molar-refractivity contribution in [3.8, 4) is 5.75 Å². The van der Waals surface area contributed by atoms with Gasteiger partial charge in [0, 0.05) is 11.6 Å². The van der Waals surface area contributed by atoms with Crippen LogP contribution < -0.4 is 10.1 Å². The van der Waals surface area contributed by atoms with Gasteiger partial charge in [-0.25, -0.2) is 4.79 Å². The number of methoxy groups -OCH3 is 1. The summed E-state index contributed by atoms with van der Waals surface area (Å²) < 4.78 is 5.03. The average Bonchev–Trinajstić information content (AvgIpc) is 2.51. The molecule has 2 aromatic carbocycles. The fourth-order valence-electron chi connectivity index (χ4n) is 2.06. The Kier molecular flexibility index (Phi) is 4.91. The van der Waals surface area contributed by atoms with E-state index in [-0.39, 0.29) is 27.9 Å². The van der Waals surface area contributed by atoms with Crippen LogP contribution in [0.15, 0.2) is 30.3 Å². The van der Waals surface area contributed by atoms with Crippen molar-refractivity contribution in [1.29, 1.82) is 0 Å². The molecule has 0 saturated carbocycles. The molecule has 2 rings (SSSR count). The van der Waals surface area contributed by atoms with Crippen molar-refractivity contribution in [2.75, 3.05) is 12.4 Å². The smallest absolute Gasteiger partial charge is 0.339 e. The van der Waals surface area contributed by atoms with Crippen LogP contribution in [-0.2, 0) is 0 Å². The number of hydrogen-bond donors (Lipinski definition) is 2. The van der Waals surface area contributed by atoms with E-state index in [2.05, 4.69) is 5.32 Å². The number of rotatable bonds is 4. The van der Waals surface area contributed by atoms with Crippen molar-refractivity contribution in [2.24, 2.45) is 0 Å². The number of ether oxygens (including phenoxy) is 1. The van der Waals surface area contributed by atoms with Gasteiger partial charge < -0.3 is 15.2 Å². The quantitative estimate of drug-likeness (QED) is 0.889. The number of carboxylic acid groups (broad SMARTS) is 1. The summed E-state index contributed by atoms with van der Waals surface area (Å²) in [6.45, 7) is 3.88.